The van der Waals surface area contributed by atoms with Crippen LogP contribution in [0.1, 0.15) is 120 Å². The number of guanidine groups is 1. The molecule has 0 bridgehead atoms. The molecule has 0 spiro atoms. The van der Waals surface area contributed by atoms with Crippen LogP contribution in [0.25, 0.3) is 0 Å². The number of rotatable bonds is 36. The number of carbonyl (C=O) groups excluding carboxylic acids is 11. The third kappa shape index (κ3) is 23.7. The third-order valence-electron chi connectivity index (χ3n) is 16.7. The van der Waals surface area contributed by atoms with E-state index in [2.05, 4.69) is 54.4 Å². The van der Waals surface area contributed by atoms with Crippen LogP contribution in [0, 0.1) is 40.9 Å². The third-order valence-corrected chi connectivity index (χ3v) is 16.7. The van der Waals surface area contributed by atoms with Gasteiger partial charge in [-0.25, -0.2) is 4.79 Å². The standard InChI is InChI=1S/C66H90N14O12/c1-40(2)36-52(77-60(86)49(29-28-41-18-8-5-9-19-41)79-66(91)92-39-46-44-24-14-3-4-15-25-45(44)46)61(87)78-53(38-43-22-12-7-13-23-43)62(88)75-50(31-33-56(68)82)64(90)80-35-17-27-54(80)63(89)74-48(30-32-55(67)81)59(85)73-47(26-16-34-72-65(70)71)58(84)76-51(57(69)83)37-42-20-10-6-11-21-42/h5-13,18-23,40,44-54H,14-17,24-39H2,1-2H3,(H2,67,81)(H2,68,82)(H2,69,83)(H,73,85)(H,74,89)(H,75,88)(H,76,84)(H,77,86)(H,78,87)(H,79,91)(H4,70,71,72)/t44-,45+,46+,47-,48-,49-,50-,51-,52-,53-,54-/m0/s1. The van der Waals surface area contributed by atoms with Crippen LogP contribution in [0.5, 0.6) is 0 Å². The number of likely N-dealkylation sites (tertiary alicyclic amines) is 1. The number of hydrogen-bond donors (Lipinski definition) is 13. The number of ether oxygens (including phenoxy) is 1. The maximum Gasteiger partial charge on any atom is 0.407 e. The fourth-order valence-electron chi connectivity index (χ4n) is 11.7. The average molecular weight is 1270 g/mol. The first kappa shape index (κ1) is 71.5. The van der Waals surface area contributed by atoms with Crippen LogP contribution in [0.3, 0.4) is 0 Å². The molecule has 1 saturated heterocycles. The maximum atomic E-state index is 14.8. The minimum Gasteiger partial charge on any atom is -0.449 e. The van der Waals surface area contributed by atoms with E-state index in [0.717, 1.165) is 31.2 Å². The van der Waals surface area contributed by atoms with E-state index < -0.39 is 126 Å². The average Bonchev–Trinajstić information content (AvgIpc) is 1.65. The molecule has 6 rings (SSSR count). The smallest absolute Gasteiger partial charge is 0.407 e. The Balaban J connectivity index is 1.18. The summed E-state index contributed by atoms with van der Waals surface area (Å²) in [7, 11) is 0. The number of hydrogen-bond acceptors (Lipinski definition) is 13. The lowest BCUT2D eigenvalue weighted by molar-refractivity contribution is -0.143. The predicted molar refractivity (Wildman–Crippen MR) is 341 cm³/mol. The summed E-state index contributed by atoms with van der Waals surface area (Å²) < 4.78 is 5.73. The molecule has 11 atom stereocenters. The highest BCUT2D eigenvalue weighted by Gasteiger charge is 2.49. The van der Waals surface area contributed by atoms with Gasteiger partial charge in [0.15, 0.2) is 5.96 Å². The molecule has 1 aliphatic heterocycles. The molecular formula is C66H90N14O12. The number of nitrogens with zero attached hydrogens (tertiary/aromatic N) is 1. The minimum absolute atomic E-state index is 0.0183. The molecule has 1 heterocycles. The summed E-state index contributed by atoms with van der Waals surface area (Å²) >= 11 is 0. The fourth-order valence-corrected chi connectivity index (χ4v) is 11.7. The summed E-state index contributed by atoms with van der Waals surface area (Å²) in [5.74, 6) is -1.25. The Hall–Kier alpha value is -9.54. The molecule has 2 aliphatic carbocycles. The zero-order valence-corrected chi connectivity index (χ0v) is 52.4. The highest BCUT2D eigenvalue weighted by molar-refractivity contribution is 5.98. The van der Waals surface area contributed by atoms with E-state index in [1.807, 2.05) is 44.2 Å². The molecule has 2 fully saturated rings. The Morgan fingerprint density at radius 2 is 1.02 bits per heavy atom. The van der Waals surface area contributed by atoms with E-state index in [1.54, 1.807) is 60.7 Å². The van der Waals surface area contributed by atoms with E-state index in [1.165, 1.54) is 4.90 Å². The SMILES string of the molecule is CC(C)C[C@H](NC(=O)[C@H](CCc1ccccc1)NC(=O)OC[C@H]1[C@@H]2CCC#CCC[C@@H]21)C(=O)N[C@@H](Cc1ccccc1)C(=O)N[C@@H](CCC(N)=O)C(=O)N1CCC[C@H]1C(=O)N[C@@H](CCC(N)=O)C(=O)N[C@@H](CCCNC(=N)N)C(=O)N[C@@H](Cc1ccccc1)C(N)=O. The van der Waals surface area contributed by atoms with Gasteiger partial charge in [0.05, 0.1) is 6.61 Å². The fraction of sp³-hybridized carbons (Fsp3) is 0.515. The first-order chi connectivity index (χ1) is 44.1. The molecule has 0 aromatic heterocycles. The maximum absolute atomic E-state index is 14.8. The van der Waals surface area contributed by atoms with Gasteiger partial charge < -0.3 is 75.1 Å². The van der Waals surface area contributed by atoms with Gasteiger partial charge >= 0.3 is 6.09 Å². The van der Waals surface area contributed by atoms with E-state index in [-0.39, 0.29) is 102 Å². The summed E-state index contributed by atoms with van der Waals surface area (Å²) in [4.78, 5) is 153. The van der Waals surface area contributed by atoms with Gasteiger partial charge in [0.25, 0.3) is 0 Å². The quantitative estimate of drug-likeness (QED) is 0.0166. The van der Waals surface area contributed by atoms with Crippen LogP contribution in [-0.2, 0) is 71.9 Å². The van der Waals surface area contributed by atoms with Crippen molar-refractivity contribution in [3.8, 4) is 11.8 Å². The topological polar surface area (TPSA) is 424 Å². The molecular weight excluding hydrogens is 1180 g/mol. The van der Waals surface area contributed by atoms with Crippen molar-refractivity contribution in [3.63, 3.8) is 0 Å². The van der Waals surface area contributed by atoms with E-state index in [0.29, 0.717) is 29.4 Å². The normalized spacial score (nSPS) is 18.6. The summed E-state index contributed by atoms with van der Waals surface area (Å²) in [6, 6.07) is 16.2. The Labute approximate surface area is 536 Å². The van der Waals surface area contributed by atoms with Gasteiger partial charge in [-0.1, -0.05) is 105 Å². The summed E-state index contributed by atoms with van der Waals surface area (Å²) in [6.45, 7) is 3.98. The number of primary amides is 3. The molecule has 17 N–H and O–H groups in total. The van der Waals surface area contributed by atoms with Crippen molar-refractivity contribution in [2.75, 3.05) is 19.7 Å². The lowest BCUT2D eigenvalue weighted by Gasteiger charge is -2.31. The molecule has 0 radical (unpaired) electrons. The van der Waals surface area contributed by atoms with Crippen LogP contribution < -0.4 is 65.5 Å². The van der Waals surface area contributed by atoms with Crippen molar-refractivity contribution >= 4 is 71.1 Å². The first-order valence-electron chi connectivity index (χ1n) is 31.6. The van der Waals surface area contributed by atoms with Crippen molar-refractivity contribution in [3.05, 3.63) is 108 Å². The Bertz CT molecular complexity index is 3090. The zero-order valence-electron chi connectivity index (χ0n) is 52.4. The second kappa shape index (κ2) is 36.3. The zero-order chi connectivity index (χ0) is 66.7. The molecule has 92 heavy (non-hydrogen) atoms. The van der Waals surface area contributed by atoms with Gasteiger partial charge in [-0.3, -0.25) is 53.4 Å². The first-order valence-corrected chi connectivity index (χ1v) is 31.6. The van der Waals surface area contributed by atoms with Gasteiger partial charge in [-0.2, -0.15) is 0 Å². The van der Waals surface area contributed by atoms with E-state index in [4.69, 9.17) is 33.1 Å². The molecule has 3 aromatic rings. The number of amides is 11. The number of fused-ring (bicyclic) bond motifs is 1. The van der Waals surface area contributed by atoms with Gasteiger partial charge in [0, 0.05) is 51.6 Å². The lowest BCUT2D eigenvalue weighted by atomic mass is 9.99. The number of aryl methyl sites for hydroxylation is 1. The van der Waals surface area contributed by atoms with Crippen molar-refractivity contribution in [1.82, 2.24) is 47.4 Å². The predicted octanol–water partition coefficient (Wildman–Crippen LogP) is 0.864. The number of nitrogens with two attached hydrogens (primary N) is 4. The molecule has 3 aromatic carbocycles. The monoisotopic (exact) mass is 1270 g/mol. The molecule has 496 valence electrons. The van der Waals surface area contributed by atoms with Crippen LogP contribution in [0.2, 0.25) is 0 Å². The van der Waals surface area contributed by atoms with Crippen molar-refractivity contribution in [2.24, 2.45) is 46.6 Å². The Morgan fingerprint density at radius 1 is 0.554 bits per heavy atom. The van der Waals surface area contributed by atoms with Crippen LogP contribution >= 0.6 is 0 Å². The molecule has 26 heteroatoms. The number of alkyl carbamates (subject to hydrolysis) is 1. The van der Waals surface area contributed by atoms with Gasteiger partial charge in [0.1, 0.15) is 48.3 Å². The summed E-state index contributed by atoms with van der Waals surface area (Å²) in [6.07, 6.45) is 2.21. The van der Waals surface area contributed by atoms with Gasteiger partial charge in [-0.05, 0) is 111 Å². The number of nitrogens with one attached hydrogen (secondary N) is 9. The van der Waals surface area contributed by atoms with Gasteiger partial charge in [-0.15, -0.1) is 11.8 Å². The summed E-state index contributed by atoms with van der Waals surface area (Å²) in [5.41, 5.74) is 24.4. The second-order valence-electron chi connectivity index (χ2n) is 24.2. The largest absolute Gasteiger partial charge is 0.449 e. The van der Waals surface area contributed by atoms with Crippen LogP contribution in [0.4, 0.5) is 4.79 Å². The number of benzene rings is 3. The van der Waals surface area contributed by atoms with Crippen molar-refractivity contribution in [2.45, 2.75) is 171 Å². The van der Waals surface area contributed by atoms with Crippen molar-refractivity contribution < 1.29 is 57.5 Å². The molecule has 11 amide bonds. The highest BCUT2D eigenvalue weighted by Crippen LogP contribution is 2.52. The summed E-state index contributed by atoms with van der Waals surface area (Å²) in [5, 5.41) is 29.1. The molecule has 1 saturated carbocycles. The van der Waals surface area contributed by atoms with E-state index >= 15 is 0 Å². The highest BCUT2D eigenvalue weighted by atomic mass is 16.5. The van der Waals surface area contributed by atoms with E-state index in [9.17, 15) is 52.7 Å². The minimum atomic E-state index is -1.52. The van der Waals surface area contributed by atoms with Crippen LogP contribution in [0.15, 0.2) is 91.0 Å². The van der Waals surface area contributed by atoms with Gasteiger partial charge in [0.2, 0.25) is 59.1 Å². The molecule has 0 unspecified atom stereocenters. The van der Waals surface area contributed by atoms with Crippen LogP contribution in [-0.4, -0.2) is 144 Å². The Kier molecular flexibility index (Phi) is 28.3. The Morgan fingerprint density at radius 3 is 1.57 bits per heavy atom. The second-order valence-corrected chi connectivity index (χ2v) is 24.2. The van der Waals surface area contributed by atoms with Crippen molar-refractivity contribution in [1.29, 1.82) is 5.41 Å². The lowest BCUT2D eigenvalue weighted by Crippen LogP contribution is -2.60. The number of carbonyl (C=O) groups is 11. The molecule has 3 aliphatic rings. The molecule has 26 nitrogen and oxygen atoms in total.